The average Bonchev–Trinajstić information content (AvgIpc) is 3.46. The highest BCUT2D eigenvalue weighted by molar-refractivity contribution is 7.12. The van der Waals surface area contributed by atoms with Gasteiger partial charge in [-0.1, -0.05) is 12.1 Å². The molecular weight excluding hydrogens is 414 g/mol. The largest absolute Gasteiger partial charge is 0.478 e. The third-order valence-corrected chi connectivity index (χ3v) is 5.75. The van der Waals surface area contributed by atoms with E-state index in [2.05, 4.69) is 25.9 Å². The molecule has 4 rings (SSSR count). The Morgan fingerprint density at radius 1 is 1.16 bits per heavy atom. The molecule has 4 N–H and O–H groups in total. The van der Waals surface area contributed by atoms with Crippen LogP contribution < -0.4 is 16.0 Å². The van der Waals surface area contributed by atoms with Crippen molar-refractivity contribution in [3.63, 3.8) is 0 Å². The van der Waals surface area contributed by atoms with Gasteiger partial charge in [-0.2, -0.15) is 4.98 Å². The molecule has 160 valence electrons. The molecule has 0 aliphatic heterocycles. The summed E-state index contributed by atoms with van der Waals surface area (Å²) in [4.78, 5) is 32.9. The standard InChI is InChI=1S/C22H23N5O3S/c28-20(18-6-2-11-31-18)24-10-3-9-23-19-17(14-7-8-14)13-25-22(27-19)26-16-5-1-4-15(12-16)21(29)30/h1-2,4-6,11-14H,3,7-10H2,(H,24,28)(H,29,30)(H2,23,25,26,27). The fourth-order valence-electron chi connectivity index (χ4n) is 3.14. The van der Waals surface area contributed by atoms with E-state index in [4.69, 9.17) is 5.11 Å². The lowest BCUT2D eigenvalue weighted by Gasteiger charge is -2.13. The van der Waals surface area contributed by atoms with Gasteiger partial charge in [0.1, 0.15) is 5.82 Å². The first kappa shape index (κ1) is 20.8. The summed E-state index contributed by atoms with van der Waals surface area (Å²) in [6.45, 7) is 1.23. The molecule has 2 heterocycles. The van der Waals surface area contributed by atoms with E-state index in [-0.39, 0.29) is 11.5 Å². The molecule has 31 heavy (non-hydrogen) atoms. The minimum atomic E-state index is -0.984. The Bertz CT molecular complexity index is 1070. The molecule has 1 aromatic carbocycles. The molecule has 0 atom stereocenters. The fourth-order valence-corrected chi connectivity index (χ4v) is 3.78. The molecule has 8 nitrogen and oxygen atoms in total. The molecule has 0 spiro atoms. The second-order valence-electron chi connectivity index (χ2n) is 7.30. The van der Waals surface area contributed by atoms with E-state index in [9.17, 15) is 9.59 Å². The number of nitrogens with zero attached hydrogens (tertiary/aromatic N) is 2. The minimum Gasteiger partial charge on any atom is -0.478 e. The van der Waals surface area contributed by atoms with Crippen molar-refractivity contribution in [2.45, 2.75) is 25.2 Å². The Morgan fingerprint density at radius 3 is 2.77 bits per heavy atom. The van der Waals surface area contributed by atoms with Crippen LogP contribution in [0.3, 0.4) is 0 Å². The molecule has 0 saturated heterocycles. The van der Waals surface area contributed by atoms with Crippen LogP contribution in [0.5, 0.6) is 0 Å². The van der Waals surface area contributed by atoms with Crippen molar-refractivity contribution in [1.82, 2.24) is 15.3 Å². The van der Waals surface area contributed by atoms with Crippen molar-refractivity contribution >= 4 is 40.7 Å². The maximum absolute atomic E-state index is 12.0. The highest BCUT2D eigenvalue weighted by Crippen LogP contribution is 2.42. The Morgan fingerprint density at radius 2 is 2.03 bits per heavy atom. The van der Waals surface area contributed by atoms with Crippen molar-refractivity contribution < 1.29 is 14.7 Å². The lowest BCUT2D eigenvalue weighted by atomic mass is 10.2. The van der Waals surface area contributed by atoms with Crippen LogP contribution in [0.15, 0.2) is 48.0 Å². The summed E-state index contributed by atoms with van der Waals surface area (Å²) in [5, 5.41) is 20.4. The smallest absolute Gasteiger partial charge is 0.335 e. The van der Waals surface area contributed by atoms with Gasteiger partial charge >= 0.3 is 5.97 Å². The van der Waals surface area contributed by atoms with Crippen LogP contribution in [-0.2, 0) is 0 Å². The molecule has 1 fully saturated rings. The van der Waals surface area contributed by atoms with Crippen LogP contribution >= 0.6 is 11.3 Å². The number of carboxylic acid groups (broad SMARTS) is 1. The van der Waals surface area contributed by atoms with E-state index in [1.807, 2.05) is 23.7 Å². The summed E-state index contributed by atoms with van der Waals surface area (Å²) in [7, 11) is 0. The first-order valence-corrected chi connectivity index (χ1v) is 11.0. The van der Waals surface area contributed by atoms with Gasteiger partial charge in [0.2, 0.25) is 5.95 Å². The number of carbonyl (C=O) groups excluding carboxylic acids is 1. The number of amides is 1. The summed E-state index contributed by atoms with van der Waals surface area (Å²) in [5.74, 6) is 0.623. The van der Waals surface area contributed by atoms with Crippen molar-refractivity contribution in [3.05, 3.63) is 64.0 Å². The summed E-state index contributed by atoms with van der Waals surface area (Å²) >= 11 is 1.42. The van der Waals surface area contributed by atoms with E-state index in [0.29, 0.717) is 35.5 Å². The SMILES string of the molecule is O=C(O)c1cccc(Nc2ncc(C3CC3)c(NCCCNC(=O)c3cccs3)n2)c1. The van der Waals surface area contributed by atoms with Gasteiger partial charge in [0, 0.05) is 30.5 Å². The van der Waals surface area contributed by atoms with Crippen molar-refractivity contribution in [2.24, 2.45) is 0 Å². The maximum atomic E-state index is 12.0. The van der Waals surface area contributed by atoms with Crippen LogP contribution in [0.1, 0.15) is 50.8 Å². The van der Waals surface area contributed by atoms with Gasteiger partial charge in [0.15, 0.2) is 0 Å². The highest BCUT2D eigenvalue weighted by Gasteiger charge is 2.27. The highest BCUT2D eigenvalue weighted by atomic mass is 32.1. The minimum absolute atomic E-state index is 0.0502. The van der Waals surface area contributed by atoms with E-state index >= 15 is 0 Å². The fraction of sp³-hybridized carbons (Fsp3) is 0.273. The van der Waals surface area contributed by atoms with Gasteiger partial charge in [-0.3, -0.25) is 4.79 Å². The summed E-state index contributed by atoms with van der Waals surface area (Å²) in [6.07, 6.45) is 4.84. The number of aromatic carboxylic acids is 1. The van der Waals surface area contributed by atoms with Gasteiger partial charge < -0.3 is 21.1 Å². The number of rotatable bonds is 10. The van der Waals surface area contributed by atoms with E-state index in [1.54, 1.807) is 18.2 Å². The van der Waals surface area contributed by atoms with E-state index < -0.39 is 5.97 Å². The van der Waals surface area contributed by atoms with Gasteiger partial charge in [0.05, 0.1) is 10.4 Å². The number of hydrogen-bond donors (Lipinski definition) is 4. The van der Waals surface area contributed by atoms with E-state index in [1.165, 1.54) is 17.4 Å². The molecule has 0 radical (unpaired) electrons. The van der Waals surface area contributed by atoms with Gasteiger partial charge in [-0.05, 0) is 54.8 Å². The zero-order valence-electron chi connectivity index (χ0n) is 16.8. The molecule has 1 saturated carbocycles. The third-order valence-electron chi connectivity index (χ3n) is 4.88. The predicted octanol–water partition coefficient (Wildman–Crippen LogP) is 4.09. The summed E-state index contributed by atoms with van der Waals surface area (Å²) in [5.41, 5.74) is 1.90. The second kappa shape index (κ2) is 9.57. The van der Waals surface area contributed by atoms with Crippen molar-refractivity contribution in [1.29, 1.82) is 0 Å². The Balaban J connectivity index is 1.35. The number of carboxylic acids is 1. The Labute approximate surface area is 183 Å². The molecule has 1 aliphatic rings. The molecule has 9 heteroatoms. The maximum Gasteiger partial charge on any atom is 0.335 e. The number of hydrogen-bond acceptors (Lipinski definition) is 7. The predicted molar refractivity (Wildman–Crippen MR) is 120 cm³/mol. The van der Waals surface area contributed by atoms with Crippen LogP contribution in [-0.4, -0.2) is 40.0 Å². The van der Waals surface area contributed by atoms with E-state index in [0.717, 1.165) is 30.6 Å². The number of anilines is 3. The number of thiophene rings is 1. The molecule has 2 aromatic heterocycles. The van der Waals surface area contributed by atoms with Gasteiger partial charge in [-0.25, -0.2) is 9.78 Å². The average molecular weight is 438 g/mol. The molecule has 0 unspecified atom stereocenters. The molecule has 0 bridgehead atoms. The molecule has 3 aromatic rings. The van der Waals surface area contributed by atoms with Crippen molar-refractivity contribution in [3.8, 4) is 0 Å². The number of carbonyl (C=O) groups is 2. The number of benzene rings is 1. The zero-order chi connectivity index (χ0) is 21.6. The summed E-state index contributed by atoms with van der Waals surface area (Å²) in [6, 6.07) is 10.2. The first-order valence-electron chi connectivity index (χ1n) is 10.1. The quantitative estimate of drug-likeness (QED) is 0.353. The lowest BCUT2D eigenvalue weighted by Crippen LogP contribution is -2.25. The van der Waals surface area contributed by atoms with Gasteiger partial charge in [-0.15, -0.1) is 11.3 Å². The molecule has 1 aliphatic carbocycles. The number of aromatic nitrogens is 2. The lowest BCUT2D eigenvalue weighted by molar-refractivity contribution is 0.0696. The van der Waals surface area contributed by atoms with Gasteiger partial charge in [0.25, 0.3) is 5.91 Å². The zero-order valence-corrected chi connectivity index (χ0v) is 17.6. The monoisotopic (exact) mass is 437 g/mol. The normalized spacial score (nSPS) is 12.9. The topological polar surface area (TPSA) is 116 Å². The first-order chi connectivity index (χ1) is 15.1. The Kier molecular flexibility index (Phi) is 6.42. The van der Waals surface area contributed by atoms with Crippen LogP contribution in [0, 0.1) is 0 Å². The van der Waals surface area contributed by atoms with Crippen LogP contribution in [0.25, 0.3) is 0 Å². The second-order valence-corrected chi connectivity index (χ2v) is 8.24. The Hall–Kier alpha value is -3.46. The molecular formula is C22H23N5O3S. The van der Waals surface area contributed by atoms with Crippen LogP contribution in [0.4, 0.5) is 17.5 Å². The summed E-state index contributed by atoms with van der Waals surface area (Å²) < 4.78 is 0. The molecule has 1 amide bonds. The van der Waals surface area contributed by atoms with Crippen LogP contribution in [0.2, 0.25) is 0 Å². The number of nitrogens with one attached hydrogen (secondary N) is 3. The van der Waals surface area contributed by atoms with Crippen molar-refractivity contribution in [2.75, 3.05) is 23.7 Å². The third kappa shape index (κ3) is 5.58.